The van der Waals surface area contributed by atoms with Crippen LogP contribution in [0.5, 0.6) is 0 Å². The lowest BCUT2D eigenvalue weighted by atomic mass is 9.55. The van der Waals surface area contributed by atoms with Crippen molar-refractivity contribution in [2.75, 3.05) is 10.2 Å². The molecule has 3 aliphatic carbocycles. The number of nitrogens with zero attached hydrogens (tertiary/aromatic N) is 1. The Kier molecular flexibility index (Phi) is 4.86. The van der Waals surface area contributed by atoms with Crippen molar-refractivity contribution >= 4 is 39.9 Å². The number of carbonyl (C=O) groups is 3. The zero-order chi connectivity index (χ0) is 27.0. The minimum atomic E-state index is -0.461. The Bertz CT molecular complexity index is 1780. The smallest absolute Gasteiger partial charge is 0.255 e. The van der Waals surface area contributed by atoms with E-state index in [4.69, 9.17) is 0 Å². The molecule has 192 valence electrons. The van der Waals surface area contributed by atoms with Crippen LogP contribution in [0.3, 0.4) is 0 Å². The van der Waals surface area contributed by atoms with Crippen LogP contribution in [0.15, 0.2) is 115 Å². The Labute approximate surface area is 231 Å². The van der Waals surface area contributed by atoms with Crippen molar-refractivity contribution in [2.24, 2.45) is 11.8 Å². The van der Waals surface area contributed by atoms with E-state index < -0.39 is 11.8 Å². The van der Waals surface area contributed by atoms with E-state index in [1.807, 2.05) is 66.7 Å². The number of nitrogens with one attached hydrogen (secondary N) is 1. The molecule has 0 radical (unpaired) electrons. The standard InChI is InChI=1S/C35H24N2O3/c38-33(36-23-17-16-20-8-1-2-9-21(20)18-23)22-10-7-11-24(19-22)37-34(39)31-29-25-12-3-4-13-26(25)30(32(31)35(37)40)28-15-6-5-14-27(28)29/h1-19,29-32H,(H,36,38)/t29?,30?,31-,32+. The van der Waals surface area contributed by atoms with Gasteiger partial charge in [-0.2, -0.15) is 0 Å². The van der Waals surface area contributed by atoms with Gasteiger partial charge in [0.15, 0.2) is 0 Å². The molecule has 0 unspecified atom stereocenters. The van der Waals surface area contributed by atoms with E-state index >= 15 is 0 Å². The minimum absolute atomic E-state index is 0.164. The molecule has 1 aliphatic heterocycles. The summed E-state index contributed by atoms with van der Waals surface area (Å²) in [7, 11) is 0. The average molecular weight is 521 g/mol. The molecular formula is C35H24N2O3. The molecule has 40 heavy (non-hydrogen) atoms. The van der Waals surface area contributed by atoms with Crippen LogP contribution in [0.1, 0.15) is 44.4 Å². The molecule has 0 spiro atoms. The Hall–Kier alpha value is -5.03. The maximum Gasteiger partial charge on any atom is 0.255 e. The Morgan fingerprint density at radius 2 is 1.12 bits per heavy atom. The average Bonchev–Trinajstić information content (AvgIpc) is 3.27. The summed E-state index contributed by atoms with van der Waals surface area (Å²) in [5.41, 5.74) is 6.05. The fourth-order valence-corrected chi connectivity index (χ4v) is 7.19. The quantitative estimate of drug-likeness (QED) is 0.277. The normalized spacial score (nSPS) is 22.1. The molecule has 1 fully saturated rings. The van der Waals surface area contributed by atoms with Gasteiger partial charge in [0.25, 0.3) is 5.91 Å². The number of imide groups is 1. The Morgan fingerprint density at radius 3 is 1.73 bits per heavy atom. The summed E-state index contributed by atoms with van der Waals surface area (Å²) in [6, 6.07) is 36.9. The monoisotopic (exact) mass is 520 g/mol. The zero-order valence-corrected chi connectivity index (χ0v) is 21.5. The number of amides is 3. The predicted octanol–water partition coefficient (Wildman–Crippen LogP) is 6.49. The van der Waals surface area contributed by atoms with Gasteiger partial charge in [0.05, 0.1) is 17.5 Å². The van der Waals surface area contributed by atoms with Crippen LogP contribution in [0.2, 0.25) is 0 Å². The van der Waals surface area contributed by atoms with Crippen LogP contribution >= 0.6 is 0 Å². The first-order valence-corrected chi connectivity index (χ1v) is 13.6. The molecular weight excluding hydrogens is 496 g/mol. The van der Waals surface area contributed by atoms with Crippen LogP contribution in [0.4, 0.5) is 11.4 Å². The van der Waals surface area contributed by atoms with E-state index in [1.54, 1.807) is 24.3 Å². The maximum absolute atomic E-state index is 14.1. The summed E-state index contributed by atoms with van der Waals surface area (Å²) in [5, 5.41) is 5.08. The van der Waals surface area contributed by atoms with Gasteiger partial charge in [-0.3, -0.25) is 14.4 Å². The van der Waals surface area contributed by atoms with E-state index in [0.717, 1.165) is 33.0 Å². The second-order valence-electron chi connectivity index (χ2n) is 10.8. The molecule has 5 heteroatoms. The van der Waals surface area contributed by atoms with Crippen LogP contribution in [0, 0.1) is 11.8 Å². The first-order valence-electron chi connectivity index (χ1n) is 13.6. The number of hydrogen-bond acceptors (Lipinski definition) is 3. The highest BCUT2D eigenvalue weighted by Gasteiger charge is 2.61. The summed E-state index contributed by atoms with van der Waals surface area (Å²) in [6.45, 7) is 0. The summed E-state index contributed by atoms with van der Waals surface area (Å²) < 4.78 is 0. The first kappa shape index (κ1) is 22.9. The molecule has 5 nitrogen and oxygen atoms in total. The van der Waals surface area contributed by atoms with Gasteiger partial charge in [0.1, 0.15) is 0 Å². The van der Waals surface area contributed by atoms with Crippen molar-refractivity contribution in [2.45, 2.75) is 11.8 Å². The molecule has 5 aromatic carbocycles. The van der Waals surface area contributed by atoms with Gasteiger partial charge in [-0.25, -0.2) is 4.90 Å². The highest BCUT2D eigenvalue weighted by molar-refractivity contribution is 6.23. The topological polar surface area (TPSA) is 66.5 Å². The van der Waals surface area contributed by atoms with E-state index in [-0.39, 0.29) is 29.6 Å². The summed E-state index contributed by atoms with van der Waals surface area (Å²) >= 11 is 0. The first-order chi connectivity index (χ1) is 19.6. The summed E-state index contributed by atoms with van der Waals surface area (Å²) in [6.07, 6.45) is 0. The maximum atomic E-state index is 14.1. The Balaban J connectivity index is 1.14. The number of hydrogen-bond donors (Lipinski definition) is 1. The lowest BCUT2D eigenvalue weighted by Crippen LogP contribution is -2.41. The summed E-state index contributed by atoms with van der Waals surface area (Å²) in [5.74, 6) is -1.93. The van der Waals surface area contributed by atoms with Gasteiger partial charge in [-0.05, 0) is 63.4 Å². The van der Waals surface area contributed by atoms with Crippen molar-refractivity contribution in [3.05, 3.63) is 143 Å². The van der Waals surface area contributed by atoms with Gasteiger partial charge < -0.3 is 5.32 Å². The second-order valence-corrected chi connectivity index (χ2v) is 10.8. The molecule has 0 aromatic heterocycles. The van der Waals surface area contributed by atoms with E-state index in [9.17, 15) is 14.4 Å². The van der Waals surface area contributed by atoms with Gasteiger partial charge in [-0.15, -0.1) is 0 Å². The van der Waals surface area contributed by atoms with Crippen LogP contribution in [0.25, 0.3) is 10.8 Å². The zero-order valence-electron chi connectivity index (χ0n) is 21.5. The molecule has 5 aromatic rings. The molecule has 1 saturated heterocycles. The molecule has 1 N–H and O–H groups in total. The largest absolute Gasteiger partial charge is 0.322 e. The molecule has 2 atom stereocenters. The summed E-state index contributed by atoms with van der Waals surface area (Å²) in [4.78, 5) is 42.7. The predicted molar refractivity (Wildman–Crippen MR) is 154 cm³/mol. The fourth-order valence-electron chi connectivity index (χ4n) is 7.19. The van der Waals surface area contributed by atoms with E-state index in [1.165, 1.54) is 4.90 Å². The van der Waals surface area contributed by atoms with Crippen LogP contribution in [-0.4, -0.2) is 17.7 Å². The third-order valence-corrected chi connectivity index (χ3v) is 8.82. The molecule has 2 bridgehead atoms. The SMILES string of the molecule is O=C(Nc1ccc2ccccc2c1)c1cccc(N2C(=O)[C@@H]3C4c5ccccc5C(c5ccccc54)[C@@H]3C2=O)c1. The molecule has 9 rings (SSSR count). The van der Waals surface area contributed by atoms with Gasteiger partial charge in [0.2, 0.25) is 11.8 Å². The molecule has 3 amide bonds. The van der Waals surface area contributed by atoms with Gasteiger partial charge in [-0.1, -0.05) is 84.9 Å². The number of carbonyl (C=O) groups excluding carboxylic acids is 3. The van der Waals surface area contributed by atoms with E-state index in [0.29, 0.717) is 16.9 Å². The minimum Gasteiger partial charge on any atom is -0.322 e. The van der Waals surface area contributed by atoms with Gasteiger partial charge >= 0.3 is 0 Å². The van der Waals surface area contributed by atoms with Crippen molar-refractivity contribution < 1.29 is 14.4 Å². The number of rotatable bonds is 3. The van der Waals surface area contributed by atoms with Crippen molar-refractivity contribution in [1.29, 1.82) is 0 Å². The molecule has 0 saturated carbocycles. The third kappa shape index (κ3) is 3.18. The molecule has 4 aliphatic rings. The third-order valence-electron chi connectivity index (χ3n) is 8.82. The highest BCUT2D eigenvalue weighted by atomic mass is 16.2. The number of fused-ring (bicyclic) bond motifs is 1. The van der Waals surface area contributed by atoms with Crippen molar-refractivity contribution in [1.82, 2.24) is 0 Å². The molecule has 1 heterocycles. The number of benzene rings is 5. The highest BCUT2D eigenvalue weighted by Crippen LogP contribution is 2.61. The lowest BCUT2D eigenvalue weighted by Gasteiger charge is -2.45. The second kappa shape index (κ2) is 8.48. The lowest BCUT2D eigenvalue weighted by molar-refractivity contribution is -0.122. The van der Waals surface area contributed by atoms with Crippen molar-refractivity contribution in [3.8, 4) is 0 Å². The van der Waals surface area contributed by atoms with Crippen LogP contribution < -0.4 is 10.2 Å². The van der Waals surface area contributed by atoms with E-state index in [2.05, 4.69) is 29.6 Å². The van der Waals surface area contributed by atoms with Crippen LogP contribution in [-0.2, 0) is 9.59 Å². The fraction of sp³-hybridized carbons (Fsp3) is 0.114. The van der Waals surface area contributed by atoms with Crippen molar-refractivity contribution in [3.63, 3.8) is 0 Å². The number of anilines is 2. The van der Waals surface area contributed by atoms with Gasteiger partial charge in [0, 0.05) is 23.1 Å². The Morgan fingerprint density at radius 1 is 0.575 bits per heavy atom.